The lowest BCUT2D eigenvalue weighted by Crippen LogP contribution is -2.45. The molecule has 3 N–H and O–H groups in total. The average Bonchev–Trinajstić information content (AvgIpc) is 3.34. The summed E-state index contributed by atoms with van der Waals surface area (Å²) in [7, 11) is 0. The van der Waals surface area contributed by atoms with Crippen LogP contribution in [0.15, 0.2) is 36.5 Å². The zero-order valence-electron chi connectivity index (χ0n) is 45.6. The Morgan fingerprint density at radius 2 is 0.735 bits per heavy atom. The first-order valence-electron chi connectivity index (χ1n) is 30.3. The third-order valence-corrected chi connectivity index (χ3v) is 13.9. The number of aliphatic hydroxyl groups excluding tert-OH is 2. The van der Waals surface area contributed by atoms with Crippen molar-refractivity contribution in [1.29, 1.82) is 0 Å². The number of rotatable bonds is 56. The molecule has 0 rings (SSSR count). The van der Waals surface area contributed by atoms with Crippen LogP contribution in [0.3, 0.4) is 0 Å². The molecular formula is C62H117NO5. The molecule has 0 bridgehead atoms. The monoisotopic (exact) mass is 956 g/mol. The quantitative estimate of drug-likeness (QED) is 0.0244. The Morgan fingerprint density at radius 1 is 0.412 bits per heavy atom. The maximum atomic E-state index is 12.5. The van der Waals surface area contributed by atoms with Crippen LogP contribution in [-0.2, 0) is 14.3 Å². The minimum atomic E-state index is -0.680. The summed E-state index contributed by atoms with van der Waals surface area (Å²) >= 11 is 0. The maximum Gasteiger partial charge on any atom is 0.305 e. The van der Waals surface area contributed by atoms with Gasteiger partial charge in [0, 0.05) is 12.8 Å². The summed E-state index contributed by atoms with van der Waals surface area (Å²) in [4.78, 5) is 24.5. The lowest BCUT2D eigenvalue weighted by Gasteiger charge is -2.22. The molecule has 6 heteroatoms. The highest BCUT2D eigenvalue weighted by Crippen LogP contribution is 2.17. The molecule has 0 aromatic carbocycles. The fraction of sp³-hybridized carbons (Fsp3) is 0.871. The minimum Gasteiger partial charge on any atom is -0.466 e. The maximum absolute atomic E-state index is 12.5. The fourth-order valence-corrected chi connectivity index (χ4v) is 9.27. The van der Waals surface area contributed by atoms with E-state index in [1.165, 1.54) is 212 Å². The molecule has 0 aliphatic heterocycles. The van der Waals surface area contributed by atoms with E-state index < -0.39 is 12.1 Å². The molecule has 0 radical (unpaired) electrons. The van der Waals surface area contributed by atoms with Gasteiger partial charge in [0.15, 0.2) is 0 Å². The van der Waals surface area contributed by atoms with Crippen molar-refractivity contribution in [2.45, 2.75) is 334 Å². The first-order valence-corrected chi connectivity index (χ1v) is 30.3. The highest BCUT2D eigenvalue weighted by molar-refractivity contribution is 5.76. The molecule has 0 heterocycles. The molecule has 2 atom stereocenters. The van der Waals surface area contributed by atoms with E-state index in [9.17, 15) is 19.8 Å². The van der Waals surface area contributed by atoms with Gasteiger partial charge >= 0.3 is 5.97 Å². The smallest absolute Gasteiger partial charge is 0.305 e. The third-order valence-electron chi connectivity index (χ3n) is 13.9. The van der Waals surface area contributed by atoms with Gasteiger partial charge in [-0.25, -0.2) is 0 Å². The Bertz CT molecular complexity index is 1100. The van der Waals surface area contributed by atoms with Crippen LogP contribution in [0.25, 0.3) is 0 Å². The van der Waals surface area contributed by atoms with Crippen LogP contribution in [0.1, 0.15) is 322 Å². The number of esters is 1. The van der Waals surface area contributed by atoms with E-state index in [1.807, 2.05) is 0 Å². The predicted octanol–water partition coefficient (Wildman–Crippen LogP) is 18.8. The topological polar surface area (TPSA) is 95.9 Å². The van der Waals surface area contributed by atoms with Crippen LogP contribution in [-0.4, -0.2) is 47.4 Å². The summed E-state index contributed by atoms with van der Waals surface area (Å²) in [6, 6.07) is -0.560. The van der Waals surface area contributed by atoms with Crippen LogP contribution in [0.4, 0.5) is 0 Å². The Hall–Kier alpha value is -1.92. The molecule has 6 nitrogen and oxygen atoms in total. The number of ether oxygens (including phenoxy) is 1. The Morgan fingerprint density at radius 3 is 1.13 bits per heavy atom. The van der Waals surface area contributed by atoms with E-state index in [0.29, 0.717) is 25.9 Å². The lowest BCUT2D eigenvalue weighted by molar-refractivity contribution is -0.143. The molecule has 0 fully saturated rings. The molecule has 68 heavy (non-hydrogen) atoms. The van der Waals surface area contributed by atoms with Gasteiger partial charge < -0.3 is 20.3 Å². The van der Waals surface area contributed by atoms with Crippen molar-refractivity contribution >= 4 is 11.9 Å². The van der Waals surface area contributed by atoms with E-state index in [1.54, 1.807) is 0 Å². The van der Waals surface area contributed by atoms with Gasteiger partial charge in [-0.15, -0.1) is 0 Å². The molecule has 0 aromatic heterocycles. The van der Waals surface area contributed by atoms with Crippen LogP contribution in [0.2, 0.25) is 0 Å². The van der Waals surface area contributed by atoms with Gasteiger partial charge in [-0.3, -0.25) is 9.59 Å². The van der Waals surface area contributed by atoms with E-state index in [0.717, 1.165) is 77.0 Å². The van der Waals surface area contributed by atoms with Crippen molar-refractivity contribution in [1.82, 2.24) is 5.32 Å². The summed E-state index contributed by atoms with van der Waals surface area (Å²) < 4.78 is 5.45. The standard InChI is InChI=1S/C62H117NO5/c1-3-5-7-9-11-13-15-17-19-21-22-23-24-26-30-34-38-42-46-50-54-60(65)59(58-64)63-61(66)55-51-47-43-39-35-31-27-25-29-33-37-41-45-49-53-57-68-62(67)56-52-48-44-40-36-32-28-20-18-16-14-12-10-8-6-4-2/h20,25,28-29,33,37,59-60,64-65H,3-19,21-24,26-27,30-32,34-36,38-58H2,1-2H3,(H,63,66)/b28-20-,29-25-,37-33-. The third kappa shape index (κ3) is 53.4. The fourth-order valence-electron chi connectivity index (χ4n) is 9.27. The minimum absolute atomic E-state index is 0.0287. The van der Waals surface area contributed by atoms with Gasteiger partial charge in [-0.1, -0.05) is 262 Å². The SMILES string of the molecule is CCCCCCCCC/C=C\CCCCCCCC(=O)OCCCCC/C=C\C=C/CCCCCCCCC(=O)NC(CO)C(O)CCCCCCCCCCCCCCCCCCCCCC. The zero-order valence-corrected chi connectivity index (χ0v) is 45.6. The second kappa shape index (κ2) is 57.7. The lowest BCUT2D eigenvalue weighted by atomic mass is 10.0. The zero-order chi connectivity index (χ0) is 49.3. The number of allylic oxidation sites excluding steroid dienone is 6. The number of aliphatic hydroxyl groups is 2. The largest absolute Gasteiger partial charge is 0.466 e. The average molecular weight is 957 g/mol. The van der Waals surface area contributed by atoms with Crippen molar-refractivity contribution < 1.29 is 24.5 Å². The molecule has 2 unspecified atom stereocenters. The molecule has 0 saturated heterocycles. The van der Waals surface area contributed by atoms with Crippen LogP contribution in [0, 0.1) is 0 Å². The molecular weight excluding hydrogens is 839 g/mol. The highest BCUT2D eigenvalue weighted by atomic mass is 16.5. The van der Waals surface area contributed by atoms with Crippen LogP contribution < -0.4 is 5.32 Å². The summed E-state index contributed by atoms with van der Waals surface area (Å²) in [5.41, 5.74) is 0. The molecule has 0 aliphatic carbocycles. The molecule has 400 valence electrons. The van der Waals surface area contributed by atoms with Crippen molar-refractivity contribution in [2.24, 2.45) is 0 Å². The van der Waals surface area contributed by atoms with E-state index >= 15 is 0 Å². The Kier molecular flexibility index (Phi) is 56.0. The van der Waals surface area contributed by atoms with Gasteiger partial charge in [0.05, 0.1) is 25.4 Å². The number of nitrogens with one attached hydrogen (secondary N) is 1. The second-order valence-corrected chi connectivity index (χ2v) is 20.7. The Labute approximate surface area is 424 Å². The number of hydrogen-bond acceptors (Lipinski definition) is 5. The van der Waals surface area contributed by atoms with Gasteiger partial charge in [0.2, 0.25) is 5.91 Å². The van der Waals surface area contributed by atoms with Gasteiger partial charge in [-0.2, -0.15) is 0 Å². The molecule has 0 saturated carbocycles. The highest BCUT2D eigenvalue weighted by Gasteiger charge is 2.20. The summed E-state index contributed by atoms with van der Waals surface area (Å²) in [5, 5.41) is 23.3. The molecule has 0 aromatic rings. The van der Waals surface area contributed by atoms with Crippen molar-refractivity contribution in [2.75, 3.05) is 13.2 Å². The van der Waals surface area contributed by atoms with Gasteiger partial charge in [-0.05, 0) is 83.5 Å². The summed E-state index contributed by atoms with van der Waals surface area (Å²) in [6.07, 6.45) is 71.4. The van der Waals surface area contributed by atoms with E-state index in [2.05, 4.69) is 55.6 Å². The second-order valence-electron chi connectivity index (χ2n) is 20.7. The number of carbonyl (C=O) groups excluding carboxylic acids is 2. The Balaban J connectivity index is 3.51. The van der Waals surface area contributed by atoms with Crippen LogP contribution >= 0.6 is 0 Å². The number of amides is 1. The van der Waals surface area contributed by atoms with E-state index in [-0.39, 0.29) is 18.5 Å². The number of carbonyl (C=O) groups is 2. The summed E-state index contributed by atoms with van der Waals surface area (Å²) in [6.45, 7) is 4.91. The molecule has 0 aliphatic rings. The molecule has 0 spiro atoms. The van der Waals surface area contributed by atoms with Crippen molar-refractivity contribution in [3.05, 3.63) is 36.5 Å². The van der Waals surface area contributed by atoms with Crippen LogP contribution in [0.5, 0.6) is 0 Å². The normalized spacial score (nSPS) is 12.8. The van der Waals surface area contributed by atoms with Gasteiger partial charge in [0.25, 0.3) is 0 Å². The first-order chi connectivity index (χ1) is 33.5. The van der Waals surface area contributed by atoms with Crippen molar-refractivity contribution in [3.8, 4) is 0 Å². The number of hydrogen-bond donors (Lipinski definition) is 3. The molecule has 1 amide bonds. The van der Waals surface area contributed by atoms with Crippen molar-refractivity contribution in [3.63, 3.8) is 0 Å². The number of unbranched alkanes of at least 4 members (excludes halogenated alkanes) is 40. The van der Waals surface area contributed by atoms with E-state index in [4.69, 9.17) is 4.74 Å². The van der Waals surface area contributed by atoms with Gasteiger partial charge in [0.1, 0.15) is 0 Å². The predicted molar refractivity (Wildman–Crippen MR) is 296 cm³/mol. The summed E-state index contributed by atoms with van der Waals surface area (Å²) in [5.74, 6) is -0.0842. The first kappa shape index (κ1) is 66.1.